The van der Waals surface area contributed by atoms with Crippen LogP contribution in [0.1, 0.15) is 46.7 Å². The molecule has 0 radical (unpaired) electrons. The van der Waals surface area contributed by atoms with E-state index < -0.39 is 121 Å². The van der Waals surface area contributed by atoms with Gasteiger partial charge >= 0.3 is 36.6 Å². The predicted octanol–water partition coefficient (Wildman–Crippen LogP) is 4.06. The number of anilines is 1. The van der Waals surface area contributed by atoms with Crippen molar-refractivity contribution in [3.05, 3.63) is 64.2 Å². The van der Waals surface area contributed by atoms with Gasteiger partial charge in [0.25, 0.3) is 0 Å². The monoisotopic (exact) mass is 734 g/mol. The normalized spacial score (nSPS) is 25.6. The summed E-state index contributed by atoms with van der Waals surface area (Å²) in [5, 5.41) is 41.9. The Kier molecular flexibility index (Phi) is 10.9. The molecule has 2 aliphatic rings. The van der Waals surface area contributed by atoms with E-state index in [0.29, 0.717) is 29.2 Å². The van der Waals surface area contributed by atoms with Gasteiger partial charge in [-0.25, -0.2) is 9.59 Å². The number of nitrogens with zero attached hydrogens (tertiary/aromatic N) is 1. The molecule has 0 bridgehead atoms. The molecular weight excluding hydrogens is 707 g/mol. The highest BCUT2D eigenvalue weighted by atomic mass is 19.4. The van der Waals surface area contributed by atoms with E-state index in [1.807, 2.05) is 0 Å². The standard InChI is InChI=1S/C29H27F9N2O10/c1-48-26(47)40(10-11-4-13(28(33,34)35)6-14(5-11)29(36,37)38)18-8-15(39-17-3-2-12(7-16(17)18)27(30,31)32)9-19(41)49-25-22(44)20(42)21(43)23(50-25)24(45)46/h2-7,15,18,20-23,25,39,42-44H,8-10H2,1H3,(H,45,46). The highest BCUT2D eigenvalue weighted by Crippen LogP contribution is 2.43. The maximum atomic E-state index is 13.7. The van der Waals surface area contributed by atoms with Crippen molar-refractivity contribution in [2.45, 2.75) is 80.7 Å². The van der Waals surface area contributed by atoms with Crippen LogP contribution in [0, 0.1) is 0 Å². The molecule has 50 heavy (non-hydrogen) atoms. The number of benzene rings is 2. The van der Waals surface area contributed by atoms with Crippen molar-refractivity contribution in [3.8, 4) is 0 Å². The van der Waals surface area contributed by atoms with Crippen LogP contribution in [0.5, 0.6) is 0 Å². The molecule has 7 unspecified atom stereocenters. The number of carboxylic acids is 1. The fourth-order valence-corrected chi connectivity index (χ4v) is 5.51. The lowest BCUT2D eigenvalue weighted by Gasteiger charge is -2.40. The molecule has 5 N–H and O–H groups in total. The number of carboxylic acid groups (broad SMARTS) is 1. The first-order valence-corrected chi connectivity index (χ1v) is 14.2. The molecule has 2 aromatic carbocycles. The van der Waals surface area contributed by atoms with Crippen LogP contribution < -0.4 is 5.32 Å². The second kappa shape index (κ2) is 14.1. The van der Waals surface area contributed by atoms with Crippen molar-refractivity contribution < 1.29 is 88.5 Å². The SMILES string of the molecule is COC(=O)N(Cc1cc(C(F)(F)F)cc(C(F)(F)F)c1)C1CC(CC(=O)OC2OC(C(=O)O)C(O)C(O)C2O)Nc2ccc(C(F)(F)F)cc21. The van der Waals surface area contributed by atoms with Crippen molar-refractivity contribution >= 4 is 23.7 Å². The van der Waals surface area contributed by atoms with Crippen LogP contribution in [0.15, 0.2) is 36.4 Å². The largest absolute Gasteiger partial charge is 0.479 e. The van der Waals surface area contributed by atoms with Crippen LogP contribution >= 0.6 is 0 Å². The summed E-state index contributed by atoms with van der Waals surface area (Å²) in [4.78, 5) is 37.9. The summed E-state index contributed by atoms with van der Waals surface area (Å²) in [5.41, 5.74) is -5.86. The molecule has 2 aliphatic heterocycles. The van der Waals surface area contributed by atoms with Gasteiger partial charge in [0.15, 0.2) is 6.10 Å². The molecule has 0 aliphatic carbocycles. The fourth-order valence-electron chi connectivity index (χ4n) is 5.51. The zero-order valence-corrected chi connectivity index (χ0v) is 25.2. The van der Waals surface area contributed by atoms with Gasteiger partial charge in [-0.3, -0.25) is 9.69 Å². The summed E-state index contributed by atoms with van der Waals surface area (Å²) < 4.78 is 137. The minimum absolute atomic E-state index is 0.139. The van der Waals surface area contributed by atoms with Crippen LogP contribution in [0.2, 0.25) is 0 Å². The first kappa shape index (κ1) is 38.5. The van der Waals surface area contributed by atoms with Gasteiger partial charge in [0, 0.05) is 18.3 Å². The van der Waals surface area contributed by atoms with Gasteiger partial charge in [0.05, 0.1) is 36.3 Å². The van der Waals surface area contributed by atoms with E-state index in [9.17, 15) is 74.3 Å². The van der Waals surface area contributed by atoms with Gasteiger partial charge in [-0.1, -0.05) is 0 Å². The second-order valence-electron chi connectivity index (χ2n) is 11.3. The van der Waals surface area contributed by atoms with E-state index in [-0.39, 0.29) is 17.3 Å². The molecular formula is C29H27F9N2O10. The number of methoxy groups -OCH3 is 1. The first-order chi connectivity index (χ1) is 23.0. The number of esters is 1. The molecule has 2 aromatic rings. The second-order valence-corrected chi connectivity index (χ2v) is 11.3. The minimum Gasteiger partial charge on any atom is -0.479 e. The molecule has 1 fully saturated rings. The van der Waals surface area contributed by atoms with Crippen molar-refractivity contribution in [1.29, 1.82) is 0 Å². The summed E-state index contributed by atoms with van der Waals surface area (Å²) >= 11 is 0. The van der Waals surface area contributed by atoms with Crippen molar-refractivity contribution in [2.75, 3.05) is 12.4 Å². The Hall–Kier alpha value is -4.34. The van der Waals surface area contributed by atoms with Gasteiger partial charge in [-0.15, -0.1) is 0 Å². The summed E-state index contributed by atoms with van der Waals surface area (Å²) in [6.07, 6.45) is -28.8. The van der Waals surface area contributed by atoms with Gasteiger partial charge in [-0.05, 0) is 53.9 Å². The average molecular weight is 735 g/mol. The molecule has 7 atom stereocenters. The number of aliphatic carboxylic acids is 1. The number of halogens is 9. The van der Waals surface area contributed by atoms with Crippen molar-refractivity contribution in [3.63, 3.8) is 0 Å². The molecule has 12 nitrogen and oxygen atoms in total. The molecule has 276 valence electrons. The van der Waals surface area contributed by atoms with Gasteiger partial charge < -0.3 is 40.0 Å². The van der Waals surface area contributed by atoms with E-state index >= 15 is 0 Å². The number of amides is 1. The summed E-state index contributed by atoms with van der Waals surface area (Å²) in [7, 11) is 0.802. The lowest BCUT2D eigenvalue weighted by atomic mass is 9.88. The number of fused-ring (bicyclic) bond motifs is 1. The molecule has 4 rings (SSSR count). The Balaban J connectivity index is 1.70. The number of aliphatic hydroxyl groups excluding tert-OH is 3. The van der Waals surface area contributed by atoms with Crippen LogP contribution in [0.3, 0.4) is 0 Å². The number of hydrogen-bond donors (Lipinski definition) is 5. The maximum Gasteiger partial charge on any atom is 0.416 e. The summed E-state index contributed by atoms with van der Waals surface area (Å²) in [5.74, 6) is -3.06. The number of carbonyl (C=O) groups excluding carboxylic acids is 2. The van der Waals surface area contributed by atoms with Crippen LogP contribution in [-0.4, -0.2) is 87.2 Å². The smallest absolute Gasteiger partial charge is 0.416 e. The number of ether oxygens (including phenoxy) is 3. The number of nitrogens with one attached hydrogen (secondary N) is 1. The van der Waals surface area contributed by atoms with Gasteiger partial charge in [0.1, 0.15) is 18.3 Å². The summed E-state index contributed by atoms with van der Waals surface area (Å²) in [6.45, 7) is -1.05. The van der Waals surface area contributed by atoms with Crippen molar-refractivity contribution in [2.24, 2.45) is 0 Å². The minimum atomic E-state index is -5.27. The van der Waals surface area contributed by atoms with Gasteiger partial charge in [-0.2, -0.15) is 39.5 Å². The third kappa shape index (κ3) is 8.50. The fraction of sp³-hybridized carbons (Fsp3) is 0.483. The average Bonchev–Trinajstić information content (AvgIpc) is 3.01. The number of alkyl halides is 9. The Labute approximate surface area is 274 Å². The number of carbonyl (C=O) groups is 3. The quantitative estimate of drug-likeness (QED) is 0.205. The van der Waals surface area contributed by atoms with Gasteiger partial charge in [0.2, 0.25) is 6.29 Å². The Morgan fingerprint density at radius 3 is 1.96 bits per heavy atom. The third-order valence-corrected chi connectivity index (χ3v) is 7.86. The molecule has 2 heterocycles. The lowest BCUT2D eigenvalue weighted by Crippen LogP contribution is -2.60. The maximum absolute atomic E-state index is 13.7. The zero-order valence-electron chi connectivity index (χ0n) is 25.2. The Bertz CT molecular complexity index is 1570. The Morgan fingerprint density at radius 1 is 0.860 bits per heavy atom. The molecule has 21 heteroatoms. The number of rotatable bonds is 7. The number of aliphatic hydroxyl groups is 3. The molecule has 0 aromatic heterocycles. The van der Waals surface area contributed by atoms with E-state index in [2.05, 4.69) is 5.32 Å². The molecule has 0 saturated carbocycles. The lowest BCUT2D eigenvalue weighted by molar-refractivity contribution is -0.286. The van der Waals surface area contributed by atoms with Crippen molar-refractivity contribution in [1.82, 2.24) is 4.90 Å². The van der Waals surface area contributed by atoms with E-state index in [1.165, 1.54) is 0 Å². The third-order valence-electron chi connectivity index (χ3n) is 7.86. The topological polar surface area (TPSA) is 175 Å². The van der Waals surface area contributed by atoms with E-state index in [0.717, 1.165) is 13.2 Å². The zero-order chi connectivity index (χ0) is 37.5. The van der Waals surface area contributed by atoms with E-state index in [4.69, 9.17) is 14.2 Å². The predicted molar refractivity (Wildman–Crippen MR) is 146 cm³/mol. The Morgan fingerprint density at radius 2 is 1.44 bits per heavy atom. The summed E-state index contributed by atoms with van der Waals surface area (Å²) in [6, 6.07) is -0.189. The highest BCUT2D eigenvalue weighted by Gasteiger charge is 2.49. The van der Waals surface area contributed by atoms with Crippen LogP contribution in [0.25, 0.3) is 0 Å². The molecule has 1 amide bonds. The van der Waals surface area contributed by atoms with E-state index in [1.54, 1.807) is 0 Å². The molecule has 1 saturated heterocycles. The molecule has 0 spiro atoms. The number of hydrogen-bond acceptors (Lipinski definition) is 10. The highest BCUT2D eigenvalue weighted by molar-refractivity contribution is 5.74. The van der Waals surface area contributed by atoms with Crippen LogP contribution in [-0.2, 0) is 48.9 Å². The van der Waals surface area contributed by atoms with Crippen LogP contribution in [0.4, 0.5) is 50.0 Å². The first-order valence-electron chi connectivity index (χ1n) is 14.2.